The Morgan fingerprint density at radius 3 is 2.53 bits per heavy atom. The fourth-order valence-electron chi connectivity index (χ4n) is 2.52. The predicted molar refractivity (Wildman–Crippen MR) is 79.5 cm³/mol. The van der Waals surface area contributed by atoms with Crippen LogP contribution in [-0.2, 0) is 0 Å². The maximum Gasteiger partial charge on any atom is 0.0768 e. The summed E-state index contributed by atoms with van der Waals surface area (Å²) >= 11 is 0. The molecule has 1 aliphatic heterocycles. The van der Waals surface area contributed by atoms with E-state index in [4.69, 9.17) is 5.73 Å². The summed E-state index contributed by atoms with van der Waals surface area (Å²) in [6.45, 7) is 2.01. The van der Waals surface area contributed by atoms with Gasteiger partial charge in [-0.25, -0.2) is 0 Å². The second kappa shape index (κ2) is 4.90. The van der Waals surface area contributed by atoms with Gasteiger partial charge in [0.2, 0.25) is 0 Å². The minimum Gasteiger partial charge on any atom is -0.380 e. The Morgan fingerprint density at radius 1 is 1.05 bits per heavy atom. The maximum atomic E-state index is 5.89. The summed E-state index contributed by atoms with van der Waals surface area (Å²) in [6, 6.07) is 17.3. The van der Waals surface area contributed by atoms with E-state index in [0.29, 0.717) is 0 Å². The third-order valence-corrected chi connectivity index (χ3v) is 3.63. The molecule has 2 nitrogen and oxygen atoms in total. The van der Waals surface area contributed by atoms with Crippen molar-refractivity contribution >= 4 is 6.08 Å². The highest BCUT2D eigenvalue weighted by Crippen LogP contribution is 2.29. The van der Waals surface area contributed by atoms with Crippen LogP contribution in [-0.4, -0.2) is 0 Å². The summed E-state index contributed by atoms with van der Waals surface area (Å²) in [5, 5.41) is 3.43. The number of hydrogen-bond acceptors (Lipinski definition) is 2. The molecule has 0 spiro atoms. The summed E-state index contributed by atoms with van der Waals surface area (Å²) in [5.41, 5.74) is 10.9. The zero-order chi connectivity index (χ0) is 13.2. The van der Waals surface area contributed by atoms with E-state index < -0.39 is 0 Å². The number of hydrogen-bond donors (Lipinski definition) is 2. The van der Waals surface area contributed by atoms with E-state index in [2.05, 4.69) is 59.9 Å². The standard InChI is InChI=1S/C17H18N2/c1-12(18)13-6-8-15(9-7-13)17-16-5-3-2-4-14(16)10-11-19-17/h2-12,17,19H,18H2,1H3/t12-,17?/m0/s1. The van der Waals surface area contributed by atoms with E-state index in [-0.39, 0.29) is 12.1 Å². The van der Waals surface area contributed by atoms with Crippen molar-refractivity contribution in [1.82, 2.24) is 5.32 Å². The molecule has 3 N–H and O–H groups in total. The van der Waals surface area contributed by atoms with E-state index >= 15 is 0 Å². The number of fused-ring (bicyclic) bond motifs is 1. The van der Waals surface area contributed by atoms with Gasteiger partial charge in [-0.3, -0.25) is 0 Å². The Bertz CT molecular complexity index is 597. The zero-order valence-electron chi connectivity index (χ0n) is 11.0. The first-order valence-corrected chi connectivity index (χ1v) is 6.62. The molecule has 2 heteroatoms. The molecule has 0 bridgehead atoms. The molecule has 1 aliphatic rings. The molecule has 0 aliphatic carbocycles. The van der Waals surface area contributed by atoms with Crippen molar-refractivity contribution in [3.63, 3.8) is 0 Å². The quantitative estimate of drug-likeness (QED) is 0.857. The zero-order valence-corrected chi connectivity index (χ0v) is 11.0. The van der Waals surface area contributed by atoms with Crippen LogP contribution in [0, 0.1) is 0 Å². The summed E-state index contributed by atoms with van der Waals surface area (Å²) in [4.78, 5) is 0. The number of nitrogens with one attached hydrogen (secondary N) is 1. The molecule has 0 amide bonds. The highest BCUT2D eigenvalue weighted by atomic mass is 14.9. The van der Waals surface area contributed by atoms with Crippen molar-refractivity contribution < 1.29 is 0 Å². The molecule has 0 radical (unpaired) electrons. The monoisotopic (exact) mass is 250 g/mol. The van der Waals surface area contributed by atoms with Crippen LogP contribution in [0.25, 0.3) is 6.08 Å². The van der Waals surface area contributed by atoms with Gasteiger partial charge in [-0.1, -0.05) is 48.5 Å². The Hall–Kier alpha value is -2.06. The SMILES string of the molecule is C[C@H](N)c1ccc(C2NC=Cc3ccccc32)cc1. The van der Waals surface area contributed by atoms with E-state index in [0.717, 1.165) is 0 Å². The van der Waals surface area contributed by atoms with Gasteiger partial charge in [0, 0.05) is 6.04 Å². The van der Waals surface area contributed by atoms with Crippen LogP contribution >= 0.6 is 0 Å². The molecule has 3 rings (SSSR count). The van der Waals surface area contributed by atoms with Gasteiger partial charge in [-0.2, -0.15) is 0 Å². The molecular formula is C17H18N2. The molecule has 2 aromatic rings. The molecule has 2 aromatic carbocycles. The minimum absolute atomic E-state index is 0.0838. The van der Waals surface area contributed by atoms with Gasteiger partial charge in [0.15, 0.2) is 0 Å². The van der Waals surface area contributed by atoms with E-state index in [1.54, 1.807) is 0 Å². The highest BCUT2D eigenvalue weighted by molar-refractivity contribution is 5.58. The van der Waals surface area contributed by atoms with Crippen molar-refractivity contribution in [1.29, 1.82) is 0 Å². The molecular weight excluding hydrogens is 232 g/mol. The molecule has 2 atom stereocenters. The molecule has 0 saturated carbocycles. The van der Waals surface area contributed by atoms with Crippen molar-refractivity contribution in [3.05, 3.63) is 77.0 Å². The summed E-state index contributed by atoms with van der Waals surface area (Å²) in [5.74, 6) is 0. The lowest BCUT2D eigenvalue weighted by Gasteiger charge is -2.24. The van der Waals surface area contributed by atoms with Crippen LogP contribution in [0.1, 0.15) is 41.3 Å². The summed E-state index contributed by atoms with van der Waals surface area (Å²) < 4.78 is 0. The molecule has 96 valence electrons. The van der Waals surface area contributed by atoms with E-state index in [1.807, 2.05) is 13.1 Å². The van der Waals surface area contributed by atoms with Gasteiger partial charge in [-0.15, -0.1) is 0 Å². The van der Waals surface area contributed by atoms with Gasteiger partial charge in [-0.05, 0) is 41.5 Å². The largest absolute Gasteiger partial charge is 0.380 e. The lowest BCUT2D eigenvalue weighted by molar-refractivity contribution is 0.719. The summed E-state index contributed by atoms with van der Waals surface area (Å²) in [6.07, 6.45) is 4.13. The first kappa shape index (κ1) is 12.0. The molecule has 19 heavy (non-hydrogen) atoms. The van der Waals surface area contributed by atoms with Crippen molar-refractivity contribution in [2.24, 2.45) is 5.73 Å². The Balaban J connectivity index is 1.97. The lowest BCUT2D eigenvalue weighted by atomic mass is 9.91. The predicted octanol–water partition coefficient (Wildman–Crippen LogP) is 3.37. The Morgan fingerprint density at radius 2 is 1.79 bits per heavy atom. The second-order valence-corrected chi connectivity index (χ2v) is 5.02. The van der Waals surface area contributed by atoms with Crippen LogP contribution < -0.4 is 11.1 Å². The number of benzene rings is 2. The third kappa shape index (κ3) is 2.27. The van der Waals surface area contributed by atoms with Crippen molar-refractivity contribution in [3.8, 4) is 0 Å². The first-order chi connectivity index (χ1) is 9.25. The van der Waals surface area contributed by atoms with Crippen LogP contribution in [0.5, 0.6) is 0 Å². The lowest BCUT2D eigenvalue weighted by Crippen LogP contribution is -2.20. The van der Waals surface area contributed by atoms with E-state index in [9.17, 15) is 0 Å². The summed E-state index contributed by atoms with van der Waals surface area (Å²) in [7, 11) is 0. The van der Waals surface area contributed by atoms with Crippen LogP contribution in [0.15, 0.2) is 54.7 Å². The molecule has 0 aromatic heterocycles. The van der Waals surface area contributed by atoms with Gasteiger partial charge in [0.25, 0.3) is 0 Å². The molecule has 1 heterocycles. The average Bonchev–Trinajstić information content (AvgIpc) is 2.47. The number of nitrogens with two attached hydrogens (primary N) is 1. The first-order valence-electron chi connectivity index (χ1n) is 6.62. The Kier molecular flexibility index (Phi) is 3.10. The number of rotatable bonds is 2. The minimum atomic E-state index is 0.0838. The van der Waals surface area contributed by atoms with Crippen LogP contribution in [0.2, 0.25) is 0 Å². The molecule has 1 unspecified atom stereocenters. The second-order valence-electron chi connectivity index (χ2n) is 5.02. The fraction of sp³-hybridized carbons (Fsp3) is 0.176. The van der Waals surface area contributed by atoms with Crippen molar-refractivity contribution in [2.45, 2.75) is 19.0 Å². The fourth-order valence-corrected chi connectivity index (χ4v) is 2.52. The van der Waals surface area contributed by atoms with Crippen LogP contribution in [0.4, 0.5) is 0 Å². The van der Waals surface area contributed by atoms with E-state index in [1.165, 1.54) is 22.3 Å². The van der Waals surface area contributed by atoms with Gasteiger partial charge >= 0.3 is 0 Å². The van der Waals surface area contributed by atoms with Crippen molar-refractivity contribution in [2.75, 3.05) is 0 Å². The topological polar surface area (TPSA) is 38.0 Å². The average molecular weight is 250 g/mol. The Labute approximate surface area is 114 Å². The maximum absolute atomic E-state index is 5.89. The smallest absolute Gasteiger partial charge is 0.0768 e. The molecule has 0 fully saturated rings. The van der Waals surface area contributed by atoms with Gasteiger partial charge < -0.3 is 11.1 Å². The third-order valence-electron chi connectivity index (χ3n) is 3.63. The van der Waals surface area contributed by atoms with Gasteiger partial charge in [0.05, 0.1) is 6.04 Å². The highest BCUT2D eigenvalue weighted by Gasteiger charge is 2.17. The molecule has 0 saturated heterocycles. The normalized spacial score (nSPS) is 18.5. The van der Waals surface area contributed by atoms with Gasteiger partial charge in [0.1, 0.15) is 0 Å². The van der Waals surface area contributed by atoms with Crippen LogP contribution in [0.3, 0.4) is 0 Å².